The molecule has 0 radical (unpaired) electrons. The number of aliphatic hydroxyl groups excluding tert-OH is 2. The highest BCUT2D eigenvalue weighted by atomic mass is 16.6. The van der Waals surface area contributed by atoms with Crippen LogP contribution < -0.4 is 0 Å². The Labute approximate surface area is 85.9 Å². The molecule has 0 spiro atoms. The summed E-state index contributed by atoms with van der Waals surface area (Å²) in [6.45, 7) is 7.25. The van der Waals surface area contributed by atoms with Gasteiger partial charge in [0.05, 0.1) is 6.10 Å². The van der Waals surface area contributed by atoms with Gasteiger partial charge in [0, 0.05) is 6.61 Å². The second kappa shape index (κ2) is 10.5. The molecule has 0 aromatic rings. The van der Waals surface area contributed by atoms with Crippen LogP contribution in [0.2, 0.25) is 0 Å². The highest BCUT2D eigenvalue weighted by Gasteiger charge is 2.10. The molecular formula is C10H22O4. The zero-order valence-electron chi connectivity index (χ0n) is 9.49. The Balaban J connectivity index is 0. The van der Waals surface area contributed by atoms with Gasteiger partial charge in [0.2, 0.25) is 0 Å². The van der Waals surface area contributed by atoms with Crippen LogP contribution in [0, 0.1) is 0 Å². The zero-order chi connectivity index (χ0) is 11.6. The molecule has 2 N–H and O–H groups in total. The van der Waals surface area contributed by atoms with E-state index in [2.05, 4.69) is 11.7 Å². The number of hydrogen-bond donors (Lipinski definition) is 2. The molecule has 0 heterocycles. The molecule has 0 aliphatic rings. The molecule has 0 rings (SSSR count). The quantitative estimate of drug-likeness (QED) is 0.676. The van der Waals surface area contributed by atoms with Crippen LogP contribution >= 0.6 is 0 Å². The molecular weight excluding hydrogens is 184 g/mol. The predicted octanol–water partition coefficient (Wildman–Crippen LogP) is 1.10. The lowest BCUT2D eigenvalue weighted by molar-refractivity contribution is -0.156. The summed E-state index contributed by atoms with van der Waals surface area (Å²) in [7, 11) is 0. The molecule has 4 nitrogen and oxygen atoms in total. The molecule has 0 amide bonds. The van der Waals surface area contributed by atoms with Gasteiger partial charge in [0.15, 0.2) is 0 Å². The second-order valence-corrected chi connectivity index (χ2v) is 3.24. The fraction of sp³-hybridized carbons (Fsp3) is 0.900. The van der Waals surface area contributed by atoms with E-state index in [4.69, 9.17) is 10.2 Å². The van der Waals surface area contributed by atoms with Gasteiger partial charge in [-0.05, 0) is 27.2 Å². The molecule has 0 aliphatic heterocycles. The van der Waals surface area contributed by atoms with Crippen molar-refractivity contribution in [3.63, 3.8) is 0 Å². The Morgan fingerprint density at radius 1 is 1.36 bits per heavy atom. The molecule has 1 atom stereocenters. The molecule has 0 aromatic carbocycles. The van der Waals surface area contributed by atoms with Gasteiger partial charge in [0.1, 0.15) is 6.10 Å². The number of aliphatic hydroxyl groups is 2. The van der Waals surface area contributed by atoms with E-state index >= 15 is 0 Å². The summed E-state index contributed by atoms with van der Waals surface area (Å²) in [5, 5.41) is 16.7. The van der Waals surface area contributed by atoms with E-state index in [1.54, 1.807) is 13.8 Å². The van der Waals surface area contributed by atoms with Crippen molar-refractivity contribution < 1.29 is 19.7 Å². The van der Waals surface area contributed by atoms with Gasteiger partial charge in [-0.25, -0.2) is 4.79 Å². The molecule has 0 saturated heterocycles. The minimum absolute atomic E-state index is 0.146. The average Bonchev–Trinajstić information content (AvgIpc) is 2.05. The van der Waals surface area contributed by atoms with Crippen LogP contribution in [0.5, 0.6) is 0 Å². The number of hydrogen-bond acceptors (Lipinski definition) is 4. The predicted molar refractivity (Wildman–Crippen MR) is 54.9 cm³/mol. The molecule has 86 valence electrons. The Morgan fingerprint density at radius 2 is 1.86 bits per heavy atom. The topological polar surface area (TPSA) is 66.8 Å². The van der Waals surface area contributed by atoms with E-state index in [1.807, 2.05) is 0 Å². The summed E-state index contributed by atoms with van der Waals surface area (Å²) in [5.74, 6) is -0.565. The minimum atomic E-state index is -1.01. The van der Waals surface area contributed by atoms with Gasteiger partial charge in [0.25, 0.3) is 0 Å². The van der Waals surface area contributed by atoms with Crippen molar-refractivity contribution >= 4 is 5.97 Å². The van der Waals surface area contributed by atoms with Crippen LogP contribution in [0.4, 0.5) is 0 Å². The van der Waals surface area contributed by atoms with Crippen molar-refractivity contribution in [3.8, 4) is 0 Å². The van der Waals surface area contributed by atoms with Crippen molar-refractivity contribution in [2.45, 2.75) is 52.7 Å². The Bertz CT molecular complexity index is 130. The number of unbranched alkanes of at least 4 members (excludes halogenated alkanes) is 1. The summed E-state index contributed by atoms with van der Waals surface area (Å²) in [6, 6.07) is 0. The van der Waals surface area contributed by atoms with E-state index in [0.29, 0.717) is 6.61 Å². The lowest BCUT2D eigenvalue weighted by Gasteiger charge is -2.08. The summed E-state index contributed by atoms with van der Waals surface area (Å²) in [5.41, 5.74) is 0. The first-order valence-electron chi connectivity index (χ1n) is 4.95. The Hall–Kier alpha value is -0.610. The third-order valence-corrected chi connectivity index (χ3v) is 1.20. The van der Waals surface area contributed by atoms with Gasteiger partial charge in [-0.15, -0.1) is 0 Å². The zero-order valence-corrected chi connectivity index (χ0v) is 9.49. The van der Waals surface area contributed by atoms with Crippen molar-refractivity contribution in [2.24, 2.45) is 0 Å². The number of esters is 1. The monoisotopic (exact) mass is 206 g/mol. The smallest absolute Gasteiger partial charge is 0.334 e. The van der Waals surface area contributed by atoms with Gasteiger partial charge >= 0.3 is 5.97 Å². The Morgan fingerprint density at radius 3 is 1.93 bits per heavy atom. The molecule has 0 aromatic heterocycles. The van der Waals surface area contributed by atoms with E-state index in [-0.39, 0.29) is 6.10 Å². The van der Waals surface area contributed by atoms with Crippen molar-refractivity contribution in [1.29, 1.82) is 0 Å². The van der Waals surface area contributed by atoms with Crippen LogP contribution in [-0.4, -0.2) is 35.0 Å². The third kappa shape index (κ3) is 13.9. The van der Waals surface area contributed by atoms with Crippen LogP contribution in [0.25, 0.3) is 0 Å². The average molecular weight is 206 g/mol. The number of carbonyl (C=O) groups excluding carboxylic acids is 1. The van der Waals surface area contributed by atoms with Crippen LogP contribution in [0.3, 0.4) is 0 Å². The van der Waals surface area contributed by atoms with Crippen LogP contribution in [0.1, 0.15) is 40.5 Å². The van der Waals surface area contributed by atoms with E-state index in [9.17, 15) is 4.79 Å². The van der Waals surface area contributed by atoms with E-state index in [1.165, 1.54) is 6.92 Å². The number of carbonyl (C=O) groups is 1. The summed E-state index contributed by atoms with van der Waals surface area (Å²) < 4.78 is 4.62. The first-order chi connectivity index (χ1) is 6.45. The maximum absolute atomic E-state index is 10.5. The van der Waals surface area contributed by atoms with E-state index in [0.717, 1.165) is 12.8 Å². The molecule has 14 heavy (non-hydrogen) atoms. The molecule has 1 unspecified atom stereocenters. The largest absolute Gasteiger partial charge is 0.461 e. The number of rotatable bonds is 4. The maximum atomic E-state index is 10.5. The fourth-order valence-electron chi connectivity index (χ4n) is 0.489. The second-order valence-electron chi connectivity index (χ2n) is 3.24. The summed E-state index contributed by atoms with van der Waals surface area (Å²) >= 11 is 0. The highest BCUT2D eigenvalue weighted by molar-refractivity contribution is 5.73. The normalized spacial score (nSPS) is 11.6. The van der Waals surface area contributed by atoms with Gasteiger partial charge < -0.3 is 14.9 Å². The summed E-state index contributed by atoms with van der Waals surface area (Å²) in [6.07, 6.45) is 0.885. The minimum Gasteiger partial charge on any atom is -0.461 e. The highest BCUT2D eigenvalue weighted by Crippen LogP contribution is 1.92. The van der Waals surface area contributed by atoms with E-state index < -0.39 is 12.1 Å². The van der Waals surface area contributed by atoms with Crippen LogP contribution in [-0.2, 0) is 9.53 Å². The molecule has 0 fully saturated rings. The first kappa shape index (κ1) is 15.8. The first-order valence-corrected chi connectivity index (χ1v) is 4.95. The van der Waals surface area contributed by atoms with Gasteiger partial charge in [-0.1, -0.05) is 13.3 Å². The third-order valence-electron chi connectivity index (χ3n) is 1.20. The summed E-state index contributed by atoms with van der Waals surface area (Å²) in [4.78, 5) is 10.5. The van der Waals surface area contributed by atoms with Gasteiger partial charge in [-0.2, -0.15) is 0 Å². The molecule has 0 aliphatic carbocycles. The standard InChI is InChI=1S/C6H12O3.C4H10O/c1-4(2)9-6(8)5(3)7;1-2-3-4-5/h4-5,7H,1-3H3;5H,2-4H2,1H3. The lowest BCUT2D eigenvalue weighted by Crippen LogP contribution is -2.22. The van der Waals surface area contributed by atoms with Crippen molar-refractivity contribution in [2.75, 3.05) is 6.61 Å². The molecule has 4 heteroatoms. The maximum Gasteiger partial charge on any atom is 0.334 e. The molecule has 0 saturated carbocycles. The van der Waals surface area contributed by atoms with Crippen LogP contribution in [0.15, 0.2) is 0 Å². The SMILES string of the molecule is CC(C)OC(=O)C(C)O.CCCCO. The molecule has 0 bridgehead atoms. The number of ether oxygens (including phenoxy) is 1. The van der Waals surface area contributed by atoms with Crippen molar-refractivity contribution in [1.82, 2.24) is 0 Å². The van der Waals surface area contributed by atoms with Crippen molar-refractivity contribution in [3.05, 3.63) is 0 Å². The lowest BCUT2D eigenvalue weighted by atomic mass is 10.4. The fourth-order valence-corrected chi connectivity index (χ4v) is 0.489. The Kier molecular flexibility index (Phi) is 11.9. The van der Waals surface area contributed by atoms with Gasteiger partial charge in [-0.3, -0.25) is 0 Å².